The van der Waals surface area contributed by atoms with Gasteiger partial charge in [0.15, 0.2) is 0 Å². The van der Waals surface area contributed by atoms with Crippen molar-refractivity contribution in [3.63, 3.8) is 0 Å². The van der Waals surface area contributed by atoms with Crippen LogP contribution in [0.1, 0.15) is 53.2 Å². The van der Waals surface area contributed by atoms with Crippen molar-refractivity contribution in [1.82, 2.24) is 19.1 Å². The topological polar surface area (TPSA) is 35.6 Å². The molecule has 8 rings (SSSR count). The number of hydrogen-bond acceptors (Lipinski definition) is 2. The Balaban J connectivity index is 1.44. The minimum absolute atomic E-state index is 0.233. The molecule has 6 aromatic carbocycles. The average Bonchev–Trinajstić information content (AvgIpc) is 3.81. The Morgan fingerprint density at radius 2 is 0.611 bits per heavy atom. The second-order valence-electron chi connectivity index (χ2n) is 15.9. The number of hydrogen-bond donors (Lipinski definition) is 0. The molecule has 54 heavy (non-hydrogen) atoms. The van der Waals surface area contributed by atoms with Crippen LogP contribution in [0.3, 0.4) is 0 Å². The van der Waals surface area contributed by atoms with E-state index in [9.17, 15) is 0 Å². The van der Waals surface area contributed by atoms with Gasteiger partial charge in [0.25, 0.3) is 0 Å². The molecule has 0 aliphatic rings. The fourth-order valence-electron chi connectivity index (χ4n) is 7.45. The van der Waals surface area contributed by atoms with Crippen LogP contribution < -0.4 is 0 Å². The average molecular weight is 703 g/mol. The molecule has 0 saturated heterocycles. The molecule has 0 atom stereocenters. The molecular weight excluding hydrogens is 657 g/mol. The van der Waals surface area contributed by atoms with Crippen LogP contribution in [-0.2, 0) is 10.8 Å². The van der Waals surface area contributed by atoms with E-state index in [0.29, 0.717) is 0 Å². The van der Waals surface area contributed by atoms with Gasteiger partial charge < -0.3 is 0 Å². The highest BCUT2D eigenvalue weighted by molar-refractivity contribution is 5.96. The monoisotopic (exact) mass is 702 g/mol. The molecule has 0 bridgehead atoms. The first kappa shape index (κ1) is 34.8. The SMILES string of the molecule is CC(C)(C)c1nc(-c2ccccc2-c2ccccc2-c2nc(C(C)(C)C)n(-c3ccccc3)c2-c2ccccc2)c(-c2ccccc2)n1-c1ccccc1. The van der Waals surface area contributed by atoms with Crippen molar-refractivity contribution in [2.45, 2.75) is 52.4 Å². The summed E-state index contributed by atoms with van der Waals surface area (Å²) in [5.74, 6) is 2.02. The van der Waals surface area contributed by atoms with Crippen LogP contribution in [0.25, 0.3) is 67.5 Å². The maximum absolute atomic E-state index is 5.59. The Morgan fingerprint density at radius 3 is 0.926 bits per heavy atom. The van der Waals surface area contributed by atoms with Crippen molar-refractivity contribution >= 4 is 0 Å². The molecule has 8 aromatic rings. The third kappa shape index (κ3) is 6.39. The predicted molar refractivity (Wildman–Crippen MR) is 225 cm³/mol. The minimum atomic E-state index is -0.233. The predicted octanol–water partition coefficient (Wildman–Crippen LogP) is 13.0. The van der Waals surface area contributed by atoms with Gasteiger partial charge in [-0.2, -0.15) is 0 Å². The maximum atomic E-state index is 5.59. The van der Waals surface area contributed by atoms with E-state index in [1.165, 1.54) is 0 Å². The van der Waals surface area contributed by atoms with Gasteiger partial charge in [-0.3, -0.25) is 9.13 Å². The van der Waals surface area contributed by atoms with Gasteiger partial charge in [0.2, 0.25) is 0 Å². The highest BCUT2D eigenvalue weighted by Gasteiger charge is 2.32. The maximum Gasteiger partial charge on any atom is 0.119 e. The Labute approximate surface area is 319 Å². The molecule has 0 aliphatic heterocycles. The van der Waals surface area contributed by atoms with Crippen LogP contribution in [0, 0.1) is 0 Å². The van der Waals surface area contributed by atoms with E-state index < -0.39 is 0 Å². The molecule has 4 heteroatoms. The fraction of sp³-hybridized carbons (Fsp3) is 0.160. The van der Waals surface area contributed by atoms with Crippen molar-refractivity contribution in [2.24, 2.45) is 0 Å². The van der Waals surface area contributed by atoms with Gasteiger partial charge in [-0.05, 0) is 35.4 Å². The third-order valence-corrected chi connectivity index (χ3v) is 9.87. The molecule has 2 aromatic heterocycles. The summed E-state index contributed by atoms with van der Waals surface area (Å²) in [5, 5.41) is 0. The lowest BCUT2D eigenvalue weighted by molar-refractivity contribution is 0.537. The van der Waals surface area contributed by atoms with E-state index in [2.05, 4.69) is 221 Å². The van der Waals surface area contributed by atoms with Crippen LogP contribution in [-0.4, -0.2) is 19.1 Å². The number of benzene rings is 6. The van der Waals surface area contributed by atoms with E-state index in [0.717, 1.165) is 79.2 Å². The summed E-state index contributed by atoms with van der Waals surface area (Å²) in [6.45, 7) is 13.5. The summed E-state index contributed by atoms with van der Waals surface area (Å²) in [7, 11) is 0. The Morgan fingerprint density at radius 1 is 0.333 bits per heavy atom. The van der Waals surface area contributed by atoms with Crippen molar-refractivity contribution in [3.05, 3.63) is 182 Å². The van der Waals surface area contributed by atoms with Crippen LogP contribution in [0.4, 0.5) is 0 Å². The normalized spacial score (nSPS) is 11.9. The quantitative estimate of drug-likeness (QED) is 0.166. The Bertz CT molecular complexity index is 2350. The van der Waals surface area contributed by atoms with Gasteiger partial charge in [-0.1, -0.05) is 187 Å². The number of nitrogens with zero attached hydrogens (tertiary/aromatic N) is 4. The smallest absolute Gasteiger partial charge is 0.119 e. The zero-order valence-corrected chi connectivity index (χ0v) is 32.0. The van der Waals surface area contributed by atoms with Gasteiger partial charge in [-0.15, -0.1) is 0 Å². The summed E-state index contributed by atoms with van der Waals surface area (Å²) in [4.78, 5) is 11.2. The molecule has 0 fully saturated rings. The first-order valence-electron chi connectivity index (χ1n) is 18.8. The van der Waals surface area contributed by atoms with Crippen molar-refractivity contribution in [2.75, 3.05) is 0 Å². The third-order valence-electron chi connectivity index (χ3n) is 9.87. The standard InChI is InChI=1S/C50H46N4/c1-49(2,3)47-51-43(45(35-23-11-7-12-24-35)53(47)37-27-15-9-16-28-37)41-33-21-19-31-39(41)40-32-20-22-34-42(40)44-46(36-25-13-8-14-26-36)54(38-29-17-10-18-30-38)48(52-44)50(4,5)6/h7-34H,1-6H3. The molecule has 0 radical (unpaired) electrons. The van der Waals surface area contributed by atoms with Crippen LogP contribution >= 0.6 is 0 Å². The molecule has 0 unspecified atom stereocenters. The molecule has 4 nitrogen and oxygen atoms in total. The van der Waals surface area contributed by atoms with E-state index in [-0.39, 0.29) is 10.8 Å². The van der Waals surface area contributed by atoms with E-state index in [1.54, 1.807) is 0 Å². The lowest BCUT2D eigenvalue weighted by atomic mass is 9.90. The van der Waals surface area contributed by atoms with E-state index in [1.807, 2.05) is 0 Å². The highest BCUT2D eigenvalue weighted by atomic mass is 15.1. The highest BCUT2D eigenvalue weighted by Crippen LogP contribution is 2.46. The van der Waals surface area contributed by atoms with Crippen molar-refractivity contribution < 1.29 is 0 Å². The van der Waals surface area contributed by atoms with E-state index in [4.69, 9.17) is 9.97 Å². The molecule has 266 valence electrons. The van der Waals surface area contributed by atoms with Gasteiger partial charge in [0.1, 0.15) is 11.6 Å². The Hall–Kier alpha value is -6.26. The molecule has 2 heterocycles. The zero-order valence-electron chi connectivity index (χ0n) is 32.0. The lowest BCUT2D eigenvalue weighted by Crippen LogP contribution is -2.18. The molecule has 0 spiro atoms. The van der Waals surface area contributed by atoms with Crippen LogP contribution in [0.15, 0.2) is 170 Å². The molecular formula is C50H46N4. The molecule has 0 amide bonds. The molecule has 0 aliphatic carbocycles. The van der Waals surface area contributed by atoms with Gasteiger partial charge in [0.05, 0.1) is 22.8 Å². The van der Waals surface area contributed by atoms with Crippen molar-refractivity contribution in [3.8, 4) is 67.5 Å². The summed E-state index contributed by atoms with van der Waals surface area (Å²) in [6.07, 6.45) is 0. The second-order valence-corrected chi connectivity index (χ2v) is 15.9. The number of para-hydroxylation sites is 2. The summed E-state index contributed by atoms with van der Waals surface area (Å²) < 4.78 is 4.72. The van der Waals surface area contributed by atoms with Gasteiger partial charge >= 0.3 is 0 Å². The summed E-state index contributed by atoms with van der Waals surface area (Å²) in [6, 6.07) is 60.1. The largest absolute Gasteiger partial charge is 0.295 e. The summed E-state index contributed by atoms with van der Waals surface area (Å²) >= 11 is 0. The Kier molecular flexibility index (Phi) is 8.99. The van der Waals surface area contributed by atoms with Gasteiger partial charge in [-0.25, -0.2) is 9.97 Å². The lowest BCUT2D eigenvalue weighted by Gasteiger charge is -2.21. The van der Waals surface area contributed by atoms with Crippen molar-refractivity contribution in [1.29, 1.82) is 0 Å². The van der Waals surface area contributed by atoms with Crippen LogP contribution in [0.2, 0.25) is 0 Å². The second kappa shape index (κ2) is 13.9. The molecule has 0 N–H and O–H groups in total. The fourth-order valence-corrected chi connectivity index (χ4v) is 7.45. The first-order valence-corrected chi connectivity index (χ1v) is 18.8. The first-order chi connectivity index (χ1) is 26.1. The van der Waals surface area contributed by atoms with E-state index >= 15 is 0 Å². The minimum Gasteiger partial charge on any atom is -0.295 e. The zero-order chi connectivity index (χ0) is 37.5. The summed E-state index contributed by atoms with van der Waals surface area (Å²) in [5.41, 5.74) is 12.4. The number of rotatable bonds is 7. The van der Waals surface area contributed by atoms with Gasteiger partial charge in [0, 0.05) is 44.5 Å². The molecule has 0 saturated carbocycles. The van der Waals surface area contributed by atoms with Crippen LogP contribution in [0.5, 0.6) is 0 Å². The number of imidazole rings is 2. The number of aromatic nitrogens is 4.